The van der Waals surface area contributed by atoms with Crippen LogP contribution in [0.15, 0.2) is 70.9 Å². The van der Waals surface area contributed by atoms with E-state index in [2.05, 4.69) is 31.3 Å². The van der Waals surface area contributed by atoms with Gasteiger partial charge in [0.15, 0.2) is 11.6 Å². The molecular weight excluding hydrogens is 495 g/mol. The minimum Gasteiger partial charge on any atom is -0.378 e. The lowest BCUT2D eigenvalue weighted by atomic mass is 10.2. The topological polar surface area (TPSA) is 81.0 Å². The van der Waals surface area contributed by atoms with Crippen molar-refractivity contribution in [2.75, 3.05) is 48.8 Å². The van der Waals surface area contributed by atoms with Crippen molar-refractivity contribution in [3.63, 3.8) is 0 Å². The fraction of sp³-hybridized carbons (Fsp3) is 0.154. The number of rotatable bonds is 8. The molecule has 184 valence electrons. The lowest BCUT2D eigenvalue weighted by Gasteiger charge is -2.13. The van der Waals surface area contributed by atoms with Crippen molar-refractivity contribution in [2.45, 2.75) is 0 Å². The first-order valence-corrected chi connectivity index (χ1v) is 11.9. The molecule has 4 aromatic rings. The van der Waals surface area contributed by atoms with Gasteiger partial charge in [0.05, 0.1) is 22.5 Å². The van der Waals surface area contributed by atoms with Crippen LogP contribution < -0.4 is 20.7 Å². The van der Waals surface area contributed by atoms with Gasteiger partial charge in [-0.25, -0.2) is 0 Å². The number of hydrogen-bond donors (Lipinski definition) is 2. The highest BCUT2D eigenvalue weighted by atomic mass is 35.5. The van der Waals surface area contributed by atoms with Crippen molar-refractivity contribution < 1.29 is 0 Å². The van der Waals surface area contributed by atoms with E-state index in [4.69, 9.17) is 23.2 Å². The predicted molar refractivity (Wildman–Crippen MR) is 154 cm³/mol. The molecule has 0 amide bonds. The Bertz CT molecular complexity index is 1330. The molecule has 8 nitrogen and oxygen atoms in total. The van der Waals surface area contributed by atoms with Crippen LogP contribution in [0.3, 0.4) is 0 Å². The molecule has 2 N–H and O–H groups in total. The second kappa shape index (κ2) is 11.2. The third-order valence-corrected chi connectivity index (χ3v) is 6.09. The number of hydrazone groups is 2. The maximum atomic E-state index is 6.39. The molecule has 0 aliphatic carbocycles. The van der Waals surface area contributed by atoms with Crippen molar-refractivity contribution in [1.29, 1.82) is 0 Å². The Morgan fingerprint density at radius 3 is 1.44 bits per heavy atom. The quantitative estimate of drug-likeness (QED) is 0.220. The first kappa shape index (κ1) is 25.2. The summed E-state index contributed by atoms with van der Waals surface area (Å²) < 4.78 is 0. The number of halogens is 2. The van der Waals surface area contributed by atoms with Crippen LogP contribution in [0.25, 0.3) is 10.8 Å². The van der Waals surface area contributed by atoms with Crippen LogP contribution in [0.1, 0.15) is 11.1 Å². The summed E-state index contributed by atoms with van der Waals surface area (Å²) in [6, 6.07) is 19.3. The highest BCUT2D eigenvalue weighted by molar-refractivity contribution is 6.33. The first-order chi connectivity index (χ1) is 17.3. The van der Waals surface area contributed by atoms with Gasteiger partial charge >= 0.3 is 0 Å². The highest BCUT2D eigenvalue weighted by Crippen LogP contribution is 2.27. The van der Waals surface area contributed by atoms with E-state index in [1.165, 1.54) is 0 Å². The molecule has 0 atom stereocenters. The second-order valence-electron chi connectivity index (χ2n) is 8.38. The van der Waals surface area contributed by atoms with Gasteiger partial charge in [0, 0.05) is 61.5 Å². The number of benzene rings is 3. The smallest absolute Gasteiger partial charge is 0.176 e. The summed E-state index contributed by atoms with van der Waals surface area (Å²) >= 11 is 12.8. The van der Waals surface area contributed by atoms with Crippen LogP contribution in [-0.2, 0) is 0 Å². The summed E-state index contributed by atoms with van der Waals surface area (Å²) in [5.74, 6) is 1.03. The number of anilines is 4. The summed E-state index contributed by atoms with van der Waals surface area (Å²) in [4.78, 5) is 3.98. The fourth-order valence-electron chi connectivity index (χ4n) is 3.39. The standard InChI is InChI=1S/C26H26Cl2N8/c1-35(2)19-11-9-17(23(27)13-19)15-29-31-25-21-7-5-6-8-22(21)26(34-33-25)32-30-16-18-10-12-20(36(3)4)14-24(18)28/h5-16H,1-4H3,(H,31,33)(H,32,34)/b29-15-,30-16+. The Hall–Kier alpha value is -3.88. The van der Waals surface area contributed by atoms with Gasteiger partial charge in [-0.3, -0.25) is 10.9 Å². The van der Waals surface area contributed by atoms with Crippen molar-refractivity contribution in [3.05, 3.63) is 81.8 Å². The van der Waals surface area contributed by atoms with Gasteiger partial charge in [0.25, 0.3) is 0 Å². The van der Waals surface area contributed by atoms with Gasteiger partial charge in [0.2, 0.25) is 0 Å². The van der Waals surface area contributed by atoms with E-state index in [0.717, 1.165) is 33.3 Å². The normalized spacial score (nSPS) is 11.4. The Morgan fingerprint density at radius 2 is 1.08 bits per heavy atom. The number of nitrogens with zero attached hydrogens (tertiary/aromatic N) is 6. The Kier molecular flexibility index (Phi) is 7.87. The van der Waals surface area contributed by atoms with E-state index in [1.807, 2.05) is 98.7 Å². The number of fused-ring (bicyclic) bond motifs is 1. The summed E-state index contributed by atoms with van der Waals surface area (Å²) in [5, 5.41) is 20.1. The van der Waals surface area contributed by atoms with Gasteiger partial charge in [-0.05, 0) is 36.4 Å². The molecule has 0 saturated carbocycles. The molecular formula is C26H26Cl2N8. The Labute approximate surface area is 220 Å². The van der Waals surface area contributed by atoms with E-state index < -0.39 is 0 Å². The van der Waals surface area contributed by atoms with Crippen LogP contribution in [0.5, 0.6) is 0 Å². The van der Waals surface area contributed by atoms with Crippen molar-refractivity contribution in [3.8, 4) is 0 Å². The molecule has 0 fully saturated rings. The largest absolute Gasteiger partial charge is 0.378 e. The molecule has 0 unspecified atom stereocenters. The molecule has 0 aliphatic heterocycles. The second-order valence-corrected chi connectivity index (χ2v) is 9.20. The number of aromatic nitrogens is 2. The Balaban J connectivity index is 1.51. The number of nitrogens with one attached hydrogen (secondary N) is 2. The molecule has 0 aliphatic rings. The maximum absolute atomic E-state index is 6.39. The molecule has 0 saturated heterocycles. The maximum Gasteiger partial charge on any atom is 0.176 e. The zero-order valence-electron chi connectivity index (χ0n) is 20.4. The van der Waals surface area contributed by atoms with Gasteiger partial charge < -0.3 is 9.80 Å². The monoisotopic (exact) mass is 520 g/mol. The molecule has 1 heterocycles. The van der Waals surface area contributed by atoms with Crippen LogP contribution in [0.4, 0.5) is 23.0 Å². The first-order valence-electron chi connectivity index (χ1n) is 11.1. The molecule has 0 spiro atoms. The minimum absolute atomic E-state index is 0.514. The highest BCUT2D eigenvalue weighted by Gasteiger charge is 2.09. The third kappa shape index (κ3) is 5.84. The van der Waals surface area contributed by atoms with Crippen LogP contribution >= 0.6 is 23.2 Å². The Morgan fingerprint density at radius 1 is 0.667 bits per heavy atom. The lowest BCUT2D eigenvalue weighted by Crippen LogP contribution is -2.08. The number of hydrogen-bond acceptors (Lipinski definition) is 8. The average molecular weight is 521 g/mol. The average Bonchev–Trinajstić information content (AvgIpc) is 2.86. The zero-order chi connectivity index (χ0) is 25.7. The van der Waals surface area contributed by atoms with Crippen molar-refractivity contribution >= 4 is 69.4 Å². The van der Waals surface area contributed by atoms with Crippen molar-refractivity contribution in [1.82, 2.24) is 10.2 Å². The van der Waals surface area contributed by atoms with Crippen molar-refractivity contribution in [2.24, 2.45) is 10.2 Å². The lowest BCUT2D eigenvalue weighted by molar-refractivity contribution is 1.03. The molecule has 0 bridgehead atoms. The molecule has 0 radical (unpaired) electrons. The van der Waals surface area contributed by atoms with Gasteiger partial charge in [-0.15, -0.1) is 10.2 Å². The van der Waals surface area contributed by atoms with E-state index >= 15 is 0 Å². The van der Waals surface area contributed by atoms with E-state index in [-0.39, 0.29) is 0 Å². The van der Waals surface area contributed by atoms with Gasteiger partial charge in [-0.1, -0.05) is 47.5 Å². The molecule has 1 aromatic heterocycles. The molecule has 36 heavy (non-hydrogen) atoms. The summed E-state index contributed by atoms with van der Waals surface area (Å²) in [5.41, 5.74) is 9.55. The van der Waals surface area contributed by atoms with E-state index in [1.54, 1.807) is 12.4 Å². The predicted octanol–water partition coefficient (Wildman–Crippen LogP) is 5.96. The molecule has 3 aromatic carbocycles. The SMILES string of the molecule is CN(C)c1ccc(/C=N\Nc2nnc(N/N=C/c3ccc(N(C)C)cc3Cl)c3ccccc23)c(Cl)c1. The summed E-state index contributed by atoms with van der Waals surface area (Å²) in [7, 11) is 7.86. The van der Waals surface area contributed by atoms with Crippen LogP contribution in [0.2, 0.25) is 10.0 Å². The van der Waals surface area contributed by atoms with E-state index in [9.17, 15) is 0 Å². The van der Waals surface area contributed by atoms with Gasteiger partial charge in [-0.2, -0.15) is 10.2 Å². The summed E-state index contributed by atoms with van der Waals surface area (Å²) in [6.45, 7) is 0. The van der Waals surface area contributed by atoms with Gasteiger partial charge in [0.1, 0.15) is 0 Å². The minimum atomic E-state index is 0.514. The molecule has 10 heteroatoms. The fourth-order valence-corrected chi connectivity index (χ4v) is 3.84. The van der Waals surface area contributed by atoms with Crippen LogP contribution in [-0.4, -0.2) is 50.8 Å². The molecule has 4 rings (SSSR count). The van der Waals surface area contributed by atoms with Crippen LogP contribution in [0, 0.1) is 0 Å². The summed E-state index contributed by atoms with van der Waals surface area (Å²) in [6.07, 6.45) is 3.31. The zero-order valence-corrected chi connectivity index (χ0v) is 21.9. The third-order valence-electron chi connectivity index (χ3n) is 5.44. The van der Waals surface area contributed by atoms with E-state index in [0.29, 0.717) is 21.7 Å².